The van der Waals surface area contributed by atoms with Crippen LogP contribution in [0.25, 0.3) is 11.3 Å². The van der Waals surface area contributed by atoms with Crippen molar-refractivity contribution in [3.63, 3.8) is 0 Å². The van der Waals surface area contributed by atoms with Gasteiger partial charge in [-0.1, -0.05) is 28.1 Å². The highest BCUT2D eigenvalue weighted by Crippen LogP contribution is 2.22. The van der Waals surface area contributed by atoms with Gasteiger partial charge in [-0.25, -0.2) is 9.66 Å². The summed E-state index contributed by atoms with van der Waals surface area (Å²) < 4.78 is 7.71. The second kappa shape index (κ2) is 6.66. The summed E-state index contributed by atoms with van der Waals surface area (Å²) in [5.74, 6) is 1.15. The summed E-state index contributed by atoms with van der Waals surface area (Å²) >= 11 is 3.42. The van der Waals surface area contributed by atoms with E-state index in [-0.39, 0.29) is 0 Å². The van der Waals surface area contributed by atoms with Gasteiger partial charge >= 0.3 is 0 Å². The van der Waals surface area contributed by atoms with E-state index in [1.807, 2.05) is 48.5 Å². The van der Waals surface area contributed by atoms with Gasteiger partial charge in [-0.2, -0.15) is 5.10 Å². The predicted molar refractivity (Wildman–Crippen MR) is 95.8 cm³/mol. The number of nitrogen functional groups attached to an aromatic ring is 1. The average molecular weight is 371 g/mol. The number of imidazole rings is 1. The summed E-state index contributed by atoms with van der Waals surface area (Å²) in [4.78, 5) is 4.34. The van der Waals surface area contributed by atoms with E-state index in [1.54, 1.807) is 24.2 Å². The molecule has 2 N–H and O–H groups in total. The Morgan fingerprint density at radius 1 is 1.13 bits per heavy atom. The van der Waals surface area contributed by atoms with Gasteiger partial charge in [0.05, 0.1) is 25.2 Å². The van der Waals surface area contributed by atoms with Gasteiger partial charge in [-0.05, 0) is 42.0 Å². The maximum Gasteiger partial charge on any atom is 0.221 e. The van der Waals surface area contributed by atoms with E-state index >= 15 is 0 Å². The van der Waals surface area contributed by atoms with Gasteiger partial charge in [0.1, 0.15) is 5.75 Å². The molecule has 0 saturated carbocycles. The Morgan fingerprint density at radius 3 is 2.48 bits per heavy atom. The second-order valence-electron chi connectivity index (χ2n) is 4.85. The zero-order valence-corrected chi connectivity index (χ0v) is 14.1. The number of hydrogen-bond acceptors (Lipinski definition) is 4. The number of nitrogens with zero attached hydrogens (tertiary/aromatic N) is 3. The maximum absolute atomic E-state index is 5.93. The average Bonchev–Trinajstić information content (AvgIpc) is 2.95. The lowest BCUT2D eigenvalue weighted by Crippen LogP contribution is -1.96. The molecule has 2 aromatic carbocycles. The van der Waals surface area contributed by atoms with Crippen LogP contribution >= 0.6 is 15.9 Å². The molecule has 0 bridgehead atoms. The molecule has 0 aliphatic carbocycles. The van der Waals surface area contributed by atoms with Crippen LogP contribution in [0.2, 0.25) is 0 Å². The van der Waals surface area contributed by atoms with Gasteiger partial charge in [0.15, 0.2) is 0 Å². The zero-order valence-electron chi connectivity index (χ0n) is 12.5. The summed E-state index contributed by atoms with van der Waals surface area (Å²) in [5, 5.41) is 4.35. The third-order valence-electron chi connectivity index (χ3n) is 3.30. The number of rotatable bonds is 4. The summed E-state index contributed by atoms with van der Waals surface area (Å²) in [6.07, 6.45) is 3.53. The van der Waals surface area contributed by atoms with Crippen molar-refractivity contribution in [1.29, 1.82) is 0 Å². The fraction of sp³-hybridized carbons (Fsp3) is 0.0588. The summed E-state index contributed by atoms with van der Waals surface area (Å²) in [7, 11) is 1.64. The predicted octanol–water partition coefficient (Wildman–Crippen LogP) is 3.79. The highest BCUT2D eigenvalue weighted by Gasteiger charge is 2.06. The maximum atomic E-state index is 5.93. The number of methoxy groups -OCH3 is 1. The third kappa shape index (κ3) is 3.60. The van der Waals surface area contributed by atoms with E-state index < -0.39 is 0 Å². The minimum atomic E-state index is 0.340. The molecule has 3 rings (SSSR count). The number of benzene rings is 2. The fourth-order valence-corrected chi connectivity index (χ4v) is 2.32. The molecular formula is C17H15BrN4O. The molecule has 3 aromatic rings. The Labute approximate surface area is 142 Å². The van der Waals surface area contributed by atoms with Crippen LogP contribution in [0, 0.1) is 0 Å². The van der Waals surface area contributed by atoms with E-state index in [1.165, 1.54) is 0 Å². The van der Waals surface area contributed by atoms with E-state index in [0.29, 0.717) is 5.95 Å². The second-order valence-corrected chi connectivity index (χ2v) is 5.77. The molecular weight excluding hydrogens is 356 g/mol. The number of ether oxygens (including phenoxy) is 1. The van der Waals surface area contributed by atoms with Crippen LogP contribution in [0.4, 0.5) is 5.95 Å². The van der Waals surface area contributed by atoms with Crippen LogP contribution in [0.3, 0.4) is 0 Å². The molecule has 23 heavy (non-hydrogen) atoms. The topological polar surface area (TPSA) is 65.4 Å². The first kappa shape index (κ1) is 15.3. The standard InChI is InChI=1S/C17H15BrN4O/c1-23-15-8-2-12(3-9-15)10-20-22-11-16(21-17(22)19)13-4-6-14(18)7-5-13/h2-11H,1H3,(H2,19,21)/b20-10+. The summed E-state index contributed by atoms with van der Waals surface area (Å²) in [5.41, 5.74) is 8.64. The van der Waals surface area contributed by atoms with E-state index in [4.69, 9.17) is 10.5 Å². The van der Waals surface area contributed by atoms with Crippen LogP contribution < -0.4 is 10.5 Å². The highest BCUT2D eigenvalue weighted by molar-refractivity contribution is 9.10. The van der Waals surface area contributed by atoms with Crippen molar-refractivity contribution in [2.24, 2.45) is 5.10 Å². The molecule has 0 fully saturated rings. The lowest BCUT2D eigenvalue weighted by Gasteiger charge is -1.99. The SMILES string of the molecule is COc1ccc(/C=N/n2cc(-c3ccc(Br)cc3)nc2N)cc1. The van der Waals surface area contributed by atoms with Crippen LogP contribution in [0.5, 0.6) is 5.75 Å². The molecule has 0 saturated heterocycles. The quantitative estimate of drug-likeness (QED) is 0.710. The zero-order chi connectivity index (χ0) is 16.2. The molecule has 1 heterocycles. The summed E-state index contributed by atoms with van der Waals surface area (Å²) in [6.45, 7) is 0. The normalized spacial score (nSPS) is 11.0. The number of halogens is 1. The molecule has 0 unspecified atom stereocenters. The Balaban J connectivity index is 1.82. The van der Waals surface area contributed by atoms with E-state index in [9.17, 15) is 0 Å². The van der Waals surface area contributed by atoms with Gasteiger partial charge in [-0.15, -0.1) is 0 Å². The van der Waals surface area contributed by atoms with Crippen LogP contribution in [0.15, 0.2) is 64.3 Å². The number of anilines is 1. The minimum absolute atomic E-state index is 0.340. The molecule has 5 nitrogen and oxygen atoms in total. The Bertz CT molecular complexity index is 823. The molecule has 0 radical (unpaired) electrons. The number of hydrogen-bond donors (Lipinski definition) is 1. The Kier molecular flexibility index (Phi) is 4.43. The van der Waals surface area contributed by atoms with Gasteiger partial charge in [0, 0.05) is 10.0 Å². The molecule has 0 aliphatic rings. The number of aromatic nitrogens is 2. The van der Waals surface area contributed by atoms with E-state index in [0.717, 1.165) is 27.0 Å². The first-order valence-electron chi connectivity index (χ1n) is 6.95. The molecule has 0 spiro atoms. The van der Waals surface area contributed by atoms with Gasteiger partial charge in [0.25, 0.3) is 0 Å². The lowest BCUT2D eigenvalue weighted by molar-refractivity contribution is 0.415. The first-order valence-corrected chi connectivity index (χ1v) is 7.74. The molecule has 0 aliphatic heterocycles. The lowest BCUT2D eigenvalue weighted by atomic mass is 10.2. The minimum Gasteiger partial charge on any atom is -0.497 e. The van der Waals surface area contributed by atoms with Crippen molar-refractivity contribution in [3.8, 4) is 17.0 Å². The molecule has 0 amide bonds. The van der Waals surface area contributed by atoms with Crippen molar-refractivity contribution in [2.45, 2.75) is 0 Å². The van der Waals surface area contributed by atoms with Crippen molar-refractivity contribution in [3.05, 3.63) is 64.8 Å². The Morgan fingerprint density at radius 2 is 1.83 bits per heavy atom. The van der Waals surface area contributed by atoms with Crippen molar-refractivity contribution in [1.82, 2.24) is 9.66 Å². The largest absolute Gasteiger partial charge is 0.497 e. The van der Waals surface area contributed by atoms with Crippen molar-refractivity contribution >= 4 is 28.1 Å². The smallest absolute Gasteiger partial charge is 0.221 e. The van der Waals surface area contributed by atoms with Crippen molar-refractivity contribution < 1.29 is 4.74 Å². The fourth-order valence-electron chi connectivity index (χ4n) is 2.06. The highest BCUT2D eigenvalue weighted by atomic mass is 79.9. The van der Waals surface area contributed by atoms with Crippen molar-refractivity contribution in [2.75, 3.05) is 12.8 Å². The third-order valence-corrected chi connectivity index (χ3v) is 3.83. The van der Waals surface area contributed by atoms with Crippen LogP contribution in [0.1, 0.15) is 5.56 Å². The van der Waals surface area contributed by atoms with Gasteiger partial charge in [0.2, 0.25) is 5.95 Å². The molecule has 6 heteroatoms. The van der Waals surface area contributed by atoms with Crippen LogP contribution in [-0.2, 0) is 0 Å². The molecule has 0 atom stereocenters. The summed E-state index contributed by atoms with van der Waals surface area (Å²) in [6, 6.07) is 15.5. The molecule has 116 valence electrons. The van der Waals surface area contributed by atoms with Gasteiger partial charge < -0.3 is 10.5 Å². The van der Waals surface area contributed by atoms with Gasteiger partial charge in [-0.3, -0.25) is 0 Å². The first-order chi connectivity index (χ1) is 11.2. The number of nitrogens with two attached hydrogens (primary N) is 1. The van der Waals surface area contributed by atoms with Crippen LogP contribution in [-0.4, -0.2) is 23.0 Å². The monoisotopic (exact) mass is 370 g/mol. The molecule has 1 aromatic heterocycles. The van der Waals surface area contributed by atoms with E-state index in [2.05, 4.69) is 26.0 Å². The Hall–Kier alpha value is -2.60.